The van der Waals surface area contributed by atoms with Gasteiger partial charge in [-0.15, -0.1) is 0 Å². The molecule has 0 saturated heterocycles. The summed E-state index contributed by atoms with van der Waals surface area (Å²) in [7, 11) is 0. The average molecular weight is 312 g/mol. The maximum Gasteiger partial charge on any atom is 0.331 e. The van der Waals surface area contributed by atoms with Gasteiger partial charge in [-0.1, -0.05) is 0 Å². The first-order valence-corrected chi connectivity index (χ1v) is 6.67. The van der Waals surface area contributed by atoms with Crippen LogP contribution in [0.2, 0.25) is 0 Å². The lowest BCUT2D eigenvalue weighted by atomic mass is 10.3. The number of aromatic amines is 1. The third kappa shape index (κ3) is 3.10. The predicted octanol–water partition coefficient (Wildman–Crippen LogP) is 1.03. The van der Waals surface area contributed by atoms with Crippen LogP contribution < -0.4 is 11.2 Å². The smallest absolute Gasteiger partial charge is 0.331 e. The van der Waals surface area contributed by atoms with E-state index in [9.17, 15) is 14.7 Å². The SMILES string of the molecule is O=c1[nH]c(=O)n(Cc2ccco2)c(O)c1C=Nc1cccnc1. The molecular weight excluding hydrogens is 300 g/mol. The van der Waals surface area contributed by atoms with Crippen LogP contribution in [0, 0.1) is 0 Å². The monoisotopic (exact) mass is 312 g/mol. The lowest BCUT2D eigenvalue weighted by Crippen LogP contribution is -2.32. The molecule has 0 fully saturated rings. The molecule has 0 aliphatic carbocycles. The fraction of sp³-hybridized carbons (Fsp3) is 0.0667. The molecule has 0 unspecified atom stereocenters. The summed E-state index contributed by atoms with van der Waals surface area (Å²) in [6.07, 6.45) is 5.73. The van der Waals surface area contributed by atoms with Crippen LogP contribution >= 0.6 is 0 Å². The third-order valence-electron chi connectivity index (χ3n) is 3.09. The summed E-state index contributed by atoms with van der Waals surface area (Å²) in [5, 5.41) is 10.2. The maximum atomic E-state index is 11.9. The van der Waals surface area contributed by atoms with Gasteiger partial charge in [-0.2, -0.15) is 0 Å². The van der Waals surface area contributed by atoms with E-state index < -0.39 is 17.1 Å². The van der Waals surface area contributed by atoms with Crippen molar-refractivity contribution in [3.05, 3.63) is 75.1 Å². The summed E-state index contributed by atoms with van der Waals surface area (Å²) >= 11 is 0. The zero-order valence-corrected chi connectivity index (χ0v) is 11.8. The van der Waals surface area contributed by atoms with Gasteiger partial charge < -0.3 is 9.52 Å². The van der Waals surface area contributed by atoms with Crippen molar-refractivity contribution in [1.82, 2.24) is 14.5 Å². The quantitative estimate of drug-likeness (QED) is 0.698. The van der Waals surface area contributed by atoms with Gasteiger partial charge in [0.15, 0.2) is 0 Å². The van der Waals surface area contributed by atoms with Gasteiger partial charge in [0.1, 0.15) is 11.3 Å². The summed E-state index contributed by atoms with van der Waals surface area (Å²) in [5.74, 6) is -0.0209. The summed E-state index contributed by atoms with van der Waals surface area (Å²) in [5.41, 5.74) is -1.08. The minimum atomic E-state index is -0.734. The number of aromatic nitrogens is 3. The van der Waals surface area contributed by atoms with Gasteiger partial charge >= 0.3 is 5.69 Å². The topological polar surface area (TPSA) is 113 Å². The second-order valence-electron chi connectivity index (χ2n) is 4.63. The van der Waals surface area contributed by atoms with Crippen molar-refractivity contribution < 1.29 is 9.52 Å². The van der Waals surface area contributed by atoms with Crippen molar-refractivity contribution in [2.24, 2.45) is 4.99 Å². The molecule has 3 aromatic heterocycles. The molecule has 0 radical (unpaired) electrons. The minimum absolute atomic E-state index is 0.0117. The molecule has 8 nitrogen and oxygen atoms in total. The molecule has 0 aliphatic rings. The Bertz CT molecular complexity index is 940. The molecule has 8 heteroatoms. The third-order valence-corrected chi connectivity index (χ3v) is 3.09. The summed E-state index contributed by atoms with van der Waals surface area (Å²) in [4.78, 5) is 33.8. The second kappa shape index (κ2) is 6.14. The number of aromatic hydroxyl groups is 1. The Kier molecular flexibility index (Phi) is 3.88. The highest BCUT2D eigenvalue weighted by atomic mass is 16.3. The second-order valence-corrected chi connectivity index (χ2v) is 4.63. The largest absolute Gasteiger partial charge is 0.494 e. The van der Waals surface area contributed by atoms with E-state index in [2.05, 4.69) is 15.0 Å². The Hall–Kier alpha value is -3.42. The van der Waals surface area contributed by atoms with Crippen molar-refractivity contribution in [2.75, 3.05) is 0 Å². The van der Waals surface area contributed by atoms with Crippen LogP contribution in [-0.4, -0.2) is 25.9 Å². The average Bonchev–Trinajstić information content (AvgIpc) is 3.05. The van der Waals surface area contributed by atoms with Crippen molar-refractivity contribution in [3.63, 3.8) is 0 Å². The first-order valence-electron chi connectivity index (χ1n) is 6.67. The molecule has 116 valence electrons. The summed E-state index contributed by atoms with van der Waals surface area (Å²) in [6.45, 7) is -0.0117. The number of pyridine rings is 1. The highest BCUT2D eigenvalue weighted by molar-refractivity contribution is 5.83. The Balaban J connectivity index is 2.02. The van der Waals surface area contributed by atoms with E-state index in [4.69, 9.17) is 4.42 Å². The number of aliphatic imine (C=N–C) groups is 1. The number of nitrogens with zero attached hydrogens (tertiary/aromatic N) is 3. The van der Waals surface area contributed by atoms with Crippen LogP contribution in [0.15, 0.2) is 61.9 Å². The number of furan rings is 1. The molecule has 3 rings (SSSR count). The van der Waals surface area contributed by atoms with Crippen LogP contribution in [0.3, 0.4) is 0 Å². The van der Waals surface area contributed by atoms with E-state index in [1.54, 1.807) is 30.5 Å². The van der Waals surface area contributed by atoms with E-state index in [1.807, 2.05) is 0 Å². The number of hydrogen-bond donors (Lipinski definition) is 2. The number of H-pyrrole nitrogens is 1. The molecule has 2 N–H and O–H groups in total. The molecule has 3 heterocycles. The van der Waals surface area contributed by atoms with E-state index in [1.165, 1.54) is 18.7 Å². The summed E-state index contributed by atoms with van der Waals surface area (Å²) < 4.78 is 6.13. The Morgan fingerprint density at radius 1 is 1.35 bits per heavy atom. The molecule has 0 aliphatic heterocycles. The normalized spacial score (nSPS) is 11.1. The molecule has 0 spiro atoms. The van der Waals surface area contributed by atoms with Crippen LogP contribution in [0.1, 0.15) is 11.3 Å². The van der Waals surface area contributed by atoms with Crippen LogP contribution in [0.25, 0.3) is 0 Å². The van der Waals surface area contributed by atoms with Gasteiger partial charge in [-0.05, 0) is 24.3 Å². The predicted molar refractivity (Wildman–Crippen MR) is 82.3 cm³/mol. The van der Waals surface area contributed by atoms with E-state index in [-0.39, 0.29) is 12.1 Å². The molecule has 0 bridgehead atoms. The van der Waals surface area contributed by atoms with E-state index in [0.717, 1.165) is 4.57 Å². The fourth-order valence-corrected chi connectivity index (χ4v) is 1.97. The van der Waals surface area contributed by atoms with Crippen LogP contribution in [0.4, 0.5) is 5.69 Å². The first kappa shape index (κ1) is 14.5. The van der Waals surface area contributed by atoms with Crippen molar-refractivity contribution in [2.45, 2.75) is 6.54 Å². The molecule has 0 aromatic carbocycles. The number of rotatable bonds is 4. The first-order chi connectivity index (χ1) is 11.1. The van der Waals surface area contributed by atoms with Crippen LogP contribution in [0.5, 0.6) is 5.88 Å². The van der Waals surface area contributed by atoms with Crippen molar-refractivity contribution in [1.29, 1.82) is 0 Å². The van der Waals surface area contributed by atoms with Gasteiger partial charge in [-0.3, -0.25) is 24.3 Å². The summed E-state index contributed by atoms with van der Waals surface area (Å²) in [6, 6.07) is 6.69. The Morgan fingerprint density at radius 3 is 2.91 bits per heavy atom. The van der Waals surface area contributed by atoms with Gasteiger partial charge in [-0.25, -0.2) is 4.79 Å². The molecule has 3 aromatic rings. The lowest BCUT2D eigenvalue weighted by molar-refractivity contribution is 0.392. The van der Waals surface area contributed by atoms with E-state index >= 15 is 0 Å². The molecule has 0 saturated carbocycles. The van der Waals surface area contributed by atoms with Crippen molar-refractivity contribution >= 4 is 11.9 Å². The van der Waals surface area contributed by atoms with Gasteiger partial charge in [0.2, 0.25) is 5.88 Å². The molecule has 0 amide bonds. The van der Waals surface area contributed by atoms with Crippen molar-refractivity contribution in [3.8, 4) is 5.88 Å². The minimum Gasteiger partial charge on any atom is -0.494 e. The highest BCUT2D eigenvalue weighted by Crippen LogP contribution is 2.13. The number of hydrogen-bond acceptors (Lipinski definition) is 6. The highest BCUT2D eigenvalue weighted by Gasteiger charge is 2.13. The Morgan fingerprint density at radius 2 is 2.22 bits per heavy atom. The van der Waals surface area contributed by atoms with Gasteiger partial charge in [0.05, 0.1) is 24.7 Å². The maximum absolute atomic E-state index is 11.9. The zero-order chi connectivity index (χ0) is 16.2. The fourth-order valence-electron chi connectivity index (χ4n) is 1.97. The Labute approximate surface area is 129 Å². The molecule has 23 heavy (non-hydrogen) atoms. The van der Waals surface area contributed by atoms with E-state index in [0.29, 0.717) is 11.4 Å². The molecular formula is C15H12N4O4. The van der Waals surface area contributed by atoms with Crippen LogP contribution in [-0.2, 0) is 6.54 Å². The zero-order valence-electron chi connectivity index (χ0n) is 11.8. The molecule has 0 atom stereocenters. The number of nitrogens with one attached hydrogen (secondary N) is 1. The standard InChI is InChI=1S/C15H12N4O4/c20-13-12(8-17-10-3-1-5-16-7-10)14(21)19(15(22)18-13)9-11-4-2-6-23-11/h1-8,21H,9H2,(H,18,20,22). The van der Waals surface area contributed by atoms with Gasteiger partial charge in [0, 0.05) is 12.4 Å². The van der Waals surface area contributed by atoms with Gasteiger partial charge in [0.25, 0.3) is 5.56 Å². The lowest BCUT2D eigenvalue weighted by Gasteiger charge is -2.07.